The van der Waals surface area contributed by atoms with Crippen molar-refractivity contribution in [2.45, 2.75) is 33.2 Å². The second kappa shape index (κ2) is 6.99. The summed E-state index contributed by atoms with van der Waals surface area (Å²) in [7, 11) is 0. The minimum atomic E-state index is -0.197. The molecule has 0 saturated heterocycles. The zero-order valence-corrected chi connectivity index (χ0v) is 12.2. The molecule has 0 aromatic carbocycles. The molecule has 0 spiro atoms. The summed E-state index contributed by atoms with van der Waals surface area (Å²) in [5.74, 6) is 0.930. The third-order valence-corrected chi connectivity index (χ3v) is 3.26. The Hall–Kier alpha value is -1.96. The first kappa shape index (κ1) is 14.4. The van der Waals surface area contributed by atoms with Gasteiger partial charge in [0, 0.05) is 18.7 Å². The van der Waals surface area contributed by atoms with Gasteiger partial charge in [-0.2, -0.15) is 4.98 Å². The molecule has 108 valence electrons. The molecule has 8 heteroatoms. The van der Waals surface area contributed by atoms with E-state index in [9.17, 15) is 4.79 Å². The third kappa shape index (κ3) is 4.30. The zero-order chi connectivity index (χ0) is 14.4. The van der Waals surface area contributed by atoms with Crippen molar-refractivity contribution < 1.29 is 14.1 Å². The quantitative estimate of drug-likeness (QED) is 0.781. The molecule has 0 aliphatic carbocycles. The molecule has 7 nitrogen and oxygen atoms in total. The van der Waals surface area contributed by atoms with Crippen molar-refractivity contribution in [1.29, 1.82) is 0 Å². The third-order valence-electron chi connectivity index (χ3n) is 2.41. The molecule has 0 unspecified atom stereocenters. The van der Waals surface area contributed by atoms with Gasteiger partial charge in [0.05, 0.1) is 25.3 Å². The van der Waals surface area contributed by atoms with E-state index in [1.807, 2.05) is 5.38 Å². The lowest BCUT2D eigenvalue weighted by atomic mass is 10.2. The van der Waals surface area contributed by atoms with Crippen molar-refractivity contribution in [3.05, 3.63) is 22.8 Å². The molecule has 2 rings (SSSR count). The number of carbonyl (C=O) groups excluding carboxylic acids is 1. The Labute approximate surface area is 120 Å². The van der Waals surface area contributed by atoms with Crippen LogP contribution < -0.4 is 5.32 Å². The zero-order valence-electron chi connectivity index (χ0n) is 11.4. The normalized spacial score (nSPS) is 10.5. The van der Waals surface area contributed by atoms with Crippen molar-refractivity contribution in [1.82, 2.24) is 15.1 Å². The van der Waals surface area contributed by atoms with Crippen LogP contribution in [0.1, 0.15) is 30.8 Å². The van der Waals surface area contributed by atoms with Crippen LogP contribution in [0.5, 0.6) is 0 Å². The number of nitrogens with zero attached hydrogens (tertiary/aromatic N) is 3. The smallest absolute Gasteiger partial charge is 0.306 e. The summed E-state index contributed by atoms with van der Waals surface area (Å²) in [6, 6.07) is 0. The second-order valence-corrected chi connectivity index (χ2v) is 4.89. The average Bonchev–Trinajstić information content (AvgIpc) is 3.03. The van der Waals surface area contributed by atoms with Gasteiger partial charge >= 0.3 is 5.97 Å². The van der Waals surface area contributed by atoms with Gasteiger partial charge in [-0.3, -0.25) is 4.79 Å². The number of esters is 1. The maximum atomic E-state index is 11.2. The number of thiazole rings is 1. The molecule has 1 N–H and O–H groups in total. The molecule has 0 bridgehead atoms. The highest BCUT2D eigenvalue weighted by Gasteiger charge is 2.07. The van der Waals surface area contributed by atoms with E-state index >= 15 is 0 Å². The van der Waals surface area contributed by atoms with Crippen molar-refractivity contribution in [2.24, 2.45) is 0 Å². The SMILES string of the molecule is CCOC(=O)CCc1csc(NCc2noc(C)n2)n1. The van der Waals surface area contributed by atoms with Crippen LogP contribution in [0, 0.1) is 6.92 Å². The summed E-state index contributed by atoms with van der Waals surface area (Å²) in [5.41, 5.74) is 0.870. The summed E-state index contributed by atoms with van der Waals surface area (Å²) < 4.78 is 9.75. The van der Waals surface area contributed by atoms with Crippen LogP contribution in [0.2, 0.25) is 0 Å². The van der Waals surface area contributed by atoms with E-state index in [2.05, 4.69) is 20.4 Å². The Morgan fingerprint density at radius 2 is 2.35 bits per heavy atom. The molecule has 2 heterocycles. The predicted octanol–water partition coefficient (Wildman–Crippen LogP) is 1.94. The molecule has 0 radical (unpaired) electrons. The molecule has 0 saturated carbocycles. The number of ether oxygens (including phenoxy) is 1. The summed E-state index contributed by atoms with van der Waals surface area (Å²) in [5, 5.41) is 9.59. The van der Waals surface area contributed by atoms with Crippen molar-refractivity contribution in [3.63, 3.8) is 0 Å². The fourth-order valence-corrected chi connectivity index (χ4v) is 2.28. The van der Waals surface area contributed by atoms with Gasteiger partial charge in [-0.15, -0.1) is 11.3 Å². The fourth-order valence-electron chi connectivity index (χ4n) is 1.53. The Morgan fingerprint density at radius 3 is 3.05 bits per heavy atom. The summed E-state index contributed by atoms with van der Waals surface area (Å²) in [6.45, 7) is 4.41. The number of aromatic nitrogens is 3. The largest absolute Gasteiger partial charge is 0.466 e. The molecule has 2 aromatic rings. The Morgan fingerprint density at radius 1 is 1.50 bits per heavy atom. The highest BCUT2D eigenvalue weighted by Crippen LogP contribution is 2.17. The molecule has 0 aliphatic heterocycles. The summed E-state index contributed by atoms with van der Waals surface area (Å²) >= 11 is 1.48. The number of carbonyl (C=O) groups is 1. The molecule has 0 amide bonds. The Bertz CT molecular complexity index is 567. The maximum Gasteiger partial charge on any atom is 0.306 e. The van der Waals surface area contributed by atoms with E-state index in [1.165, 1.54) is 11.3 Å². The van der Waals surface area contributed by atoms with Crippen molar-refractivity contribution in [2.75, 3.05) is 11.9 Å². The minimum absolute atomic E-state index is 0.197. The van der Waals surface area contributed by atoms with Crippen LogP contribution in [-0.4, -0.2) is 27.7 Å². The van der Waals surface area contributed by atoms with Crippen molar-refractivity contribution >= 4 is 22.4 Å². The first-order valence-corrected chi connectivity index (χ1v) is 7.18. The molecule has 20 heavy (non-hydrogen) atoms. The lowest BCUT2D eigenvalue weighted by Gasteiger charge is -1.99. The Balaban J connectivity index is 1.78. The number of hydrogen-bond acceptors (Lipinski definition) is 8. The van der Waals surface area contributed by atoms with Crippen molar-refractivity contribution in [3.8, 4) is 0 Å². The van der Waals surface area contributed by atoms with E-state index in [0.717, 1.165) is 10.8 Å². The molecule has 0 fully saturated rings. The highest BCUT2D eigenvalue weighted by molar-refractivity contribution is 7.13. The van der Waals surface area contributed by atoms with Crippen LogP contribution >= 0.6 is 11.3 Å². The van der Waals surface area contributed by atoms with E-state index in [4.69, 9.17) is 9.26 Å². The van der Waals surface area contributed by atoms with Gasteiger partial charge in [0.25, 0.3) is 0 Å². The number of rotatable bonds is 7. The van der Waals surface area contributed by atoms with Gasteiger partial charge in [-0.1, -0.05) is 5.16 Å². The van der Waals surface area contributed by atoms with E-state index in [0.29, 0.717) is 37.7 Å². The van der Waals surface area contributed by atoms with Gasteiger partial charge in [-0.25, -0.2) is 4.98 Å². The fraction of sp³-hybridized carbons (Fsp3) is 0.500. The minimum Gasteiger partial charge on any atom is -0.466 e. The summed E-state index contributed by atoms with van der Waals surface area (Å²) in [4.78, 5) is 19.7. The van der Waals surface area contributed by atoms with Gasteiger partial charge in [0.1, 0.15) is 0 Å². The number of nitrogens with one attached hydrogen (secondary N) is 1. The number of aryl methyl sites for hydroxylation is 2. The monoisotopic (exact) mass is 296 g/mol. The van der Waals surface area contributed by atoms with E-state index in [1.54, 1.807) is 13.8 Å². The highest BCUT2D eigenvalue weighted by atomic mass is 32.1. The standard InChI is InChI=1S/C12H16N4O3S/c1-3-18-11(17)5-4-9-7-20-12(15-9)13-6-10-14-8(2)19-16-10/h7H,3-6H2,1-2H3,(H,13,15). The lowest BCUT2D eigenvalue weighted by molar-refractivity contribution is -0.143. The predicted molar refractivity (Wildman–Crippen MR) is 73.4 cm³/mol. The first-order chi connectivity index (χ1) is 9.67. The first-order valence-electron chi connectivity index (χ1n) is 6.30. The van der Waals surface area contributed by atoms with Crippen LogP contribution in [0.3, 0.4) is 0 Å². The second-order valence-electron chi connectivity index (χ2n) is 4.03. The maximum absolute atomic E-state index is 11.2. The molecule has 0 aliphatic rings. The number of hydrogen-bond donors (Lipinski definition) is 1. The topological polar surface area (TPSA) is 90.1 Å². The molecular weight excluding hydrogens is 280 g/mol. The Kier molecular flexibility index (Phi) is 5.05. The number of anilines is 1. The van der Waals surface area contributed by atoms with E-state index in [-0.39, 0.29) is 5.97 Å². The van der Waals surface area contributed by atoms with Crippen LogP contribution in [0.15, 0.2) is 9.90 Å². The van der Waals surface area contributed by atoms with Gasteiger partial charge in [0.15, 0.2) is 11.0 Å². The van der Waals surface area contributed by atoms with Gasteiger partial charge < -0.3 is 14.6 Å². The van der Waals surface area contributed by atoms with Gasteiger partial charge in [-0.05, 0) is 6.92 Å². The van der Waals surface area contributed by atoms with Crippen LogP contribution in [0.4, 0.5) is 5.13 Å². The van der Waals surface area contributed by atoms with Crippen LogP contribution in [0.25, 0.3) is 0 Å². The average molecular weight is 296 g/mol. The lowest BCUT2D eigenvalue weighted by Crippen LogP contribution is -2.05. The molecule has 0 atom stereocenters. The molecule has 2 aromatic heterocycles. The summed E-state index contributed by atoms with van der Waals surface area (Å²) in [6.07, 6.45) is 0.930. The van der Waals surface area contributed by atoms with Gasteiger partial charge in [0.2, 0.25) is 5.89 Å². The van der Waals surface area contributed by atoms with Crippen LogP contribution in [-0.2, 0) is 22.5 Å². The van der Waals surface area contributed by atoms with E-state index < -0.39 is 0 Å². The molecular formula is C12H16N4O3S.